The highest BCUT2D eigenvalue weighted by Gasteiger charge is 2.44. The SMILES string of the molecule is COCCc1ccc(OCC2(CC(N)=NO)CC2)cc1. The van der Waals surface area contributed by atoms with Crippen LogP contribution in [0.15, 0.2) is 29.4 Å². The van der Waals surface area contributed by atoms with Crippen molar-refractivity contribution in [2.45, 2.75) is 25.7 Å². The smallest absolute Gasteiger partial charge is 0.139 e. The monoisotopic (exact) mass is 278 g/mol. The van der Waals surface area contributed by atoms with Crippen molar-refractivity contribution >= 4 is 5.84 Å². The second-order valence-electron chi connectivity index (χ2n) is 5.44. The maximum atomic E-state index is 8.62. The number of benzene rings is 1. The van der Waals surface area contributed by atoms with E-state index < -0.39 is 0 Å². The summed E-state index contributed by atoms with van der Waals surface area (Å²) in [5.74, 6) is 1.14. The Morgan fingerprint density at radius 3 is 2.60 bits per heavy atom. The lowest BCUT2D eigenvalue weighted by Gasteiger charge is -2.15. The summed E-state index contributed by atoms with van der Waals surface area (Å²) < 4.78 is 10.9. The predicted octanol–water partition coefficient (Wildman–Crippen LogP) is 2.17. The van der Waals surface area contributed by atoms with E-state index in [2.05, 4.69) is 17.3 Å². The molecule has 20 heavy (non-hydrogen) atoms. The Bertz CT molecular complexity index is 453. The molecule has 1 aromatic rings. The van der Waals surface area contributed by atoms with Crippen molar-refractivity contribution in [1.82, 2.24) is 0 Å². The number of oxime groups is 1. The summed E-state index contributed by atoms with van der Waals surface area (Å²) in [6.45, 7) is 1.34. The van der Waals surface area contributed by atoms with E-state index in [9.17, 15) is 0 Å². The van der Waals surface area contributed by atoms with Crippen molar-refractivity contribution in [2.24, 2.45) is 16.3 Å². The third-order valence-electron chi connectivity index (χ3n) is 3.70. The van der Waals surface area contributed by atoms with E-state index in [-0.39, 0.29) is 11.3 Å². The van der Waals surface area contributed by atoms with E-state index in [0.29, 0.717) is 13.0 Å². The highest BCUT2D eigenvalue weighted by molar-refractivity contribution is 5.80. The molecule has 1 aliphatic rings. The summed E-state index contributed by atoms with van der Waals surface area (Å²) >= 11 is 0. The van der Waals surface area contributed by atoms with Gasteiger partial charge in [-0.25, -0.2) is 0 Å². The van der Waals surface area contributed by atoms with E-state index in [0.717, 1.165) is 31.6 Å². The van der Waals surface area contributed by atoms with Gasteiger partial charge in [0.05, 0.1) is 13.2 Å². The lowest BCUT2D eigenvalue weighted by Crippen LogP contribution is -2.22. The lowest BCUT2D eigenvalue weighted by molar-refractivity contribution is 0.202. The minimum atomic E-state index is 0.0606. The largest absolute Gasteiger partial charge is 0.493 e. The Hall–Kier alpha value is -1.75. The molecule has 0 heterocycles. The van der Waals surface area contributed by atoms with Gasteiger partial charge >= 0.3 is 0 Å². The first-order valence-electron chi connectivity index (χ1n) is 6.84. The number of rotatable bonds is 8. The van der Waals surface area contributed by atoms with Gasteiger partial charge in [0, 0.05) is 18.9 Å². The molecule has 1 aromatic carbocycles. The predicted molar refractivity (Wildman–Crippen MR) is 77.2 cm³/mol. The van der Waals surface area contributed by atoms with E-state index in [1.54, 1.807) is 7.11 Å². The highest BCUT2D eigenvalue weighted by atomic mass is 16.5. The van der Waals surface area contributed by atoms with Crippen LogP contribution in [0.5, 0.6) is 5.75 Å². The number of hydrogen-bond donors (Lipinski definition) is 2. The molecule has 1 aliphatic carbocycles. The molecule has 5 heteroatoms. The molecule has 110 valence electrons. The quantitative estimate of drug-likeness (QED) is 0.331. The molecular weight excluding hydrogens is 256 g/mol. The van der Waals surface area contributed by atoms with Gasteiger partial charge in [-0.15, -0.1) is 0 Å². The van der Waals surface area contributed by atoms with Crippen LogP contribution < -0.4 is 10.5 Å². The molecule has 0 unspecified atom stereocenters. The third kappa shape index (κ3) is 4.13. The second kappa shape index (κ2) is 6.61. The van der Waals surface area contributed by atoms with Gasteiger partial charge in [-0.3, -0.25) is 0 Å². The summed E-state index contributed by atoms with van der Waals surface area (Å²) in [5, 5.41) is 11.7. The van der Waals surface area contributed by atoms with Crippen LogP contribution in [0.3, 0.4) is 0 Å². The molecule has 0 radical (unpaired) electrons. The minimum absolute atomic E-state index is 0.0606. The van der Waals surface area contributed by atoms with Gasteiger partial charge in [0.15, 0.2) is 0 Å². The zero-order chi connectivity index (χ0) is 14.4. The molecule has 0 atom stereocenters. The third-order valence-corrected chi connectivity index (χ3v) is 3.70. The number of nitrogens with two attached hydrogens (primary N) is 1. The molecule has 1 saturated carbocycles. The maximum absolute atomic E-state index is 8.62. The fourth-order valence-corrected chi connectivity index (χ4v) is 2.18. The van der Waals surface area contributed by atoms with Gasteiger partial charge in [0.25, 0.3) is 0 Å². The van der Waals surface area contributed by atoms with Crippen LogP contribution in [-0.4, -0.2) is 31.4 Å². The molecule has 0 aromatic heterocycles. The summed E-state index contributed by atoms with van der Waals surface area (Å²) in [4.78, 5) is 0. The first kappa shape index (κ1) is 14.7. The Labute approximate surface area is 119 Å². The topological polar surface area (TPSA) is 77.1 Å². The van der Waals surface area contributed by atoms with Crippen molar-refractivity contribution in [3.8, 4) is 5.75 Å². The van der Waals surface area contributed by atoms with Crippen LogP contribution in [-0.2, 0) is 11.2 Å². The number of nitrogens with zero attached hydrogens (tertiary/aromatic N) is 1. The van der Waals surface area contributed by atoms with Crippen molar-refractivity contribution in [1.29, 1.82) is 0 Å². The van der Waals surface area contributed by atoms with Gasteiger partial charge in [0.1, 0.15) is 11.6 Å². The van der Waals surface area contributed by atoms with Crippen LogP contribution in [0.4, 0.5) is 0 Å². The molecule has 5 nitrogen and oxygen atoms in total. The van der Waals surface area contributed by atoms with Crippen molar-refractivity contribution in [3.63, 3.8) is 0 Å². The fraction of sp³-hybridized carbons (Fsp3) is 0.533. The summed E-state index contributed by atoms with van der Waals surface area (Å²) in [6.07, 6.45) is 3.63. The van der Waals surface area contributed by atoms with Gasteiger partial charge in [-0.2, -0.15) is 0 Å². The Kier molecular flexibility index (Phi) is 4.84. The van der Waals surface area contributed by atoms with Crippen molar-refractivity contribution in [2.75, 3.05) is 20.3 Å². The molecule has 0 saturated heterocycles. The number of hydrogen-bond acceptors (Lipinski definition) is 4. The van der Waals surface area contributed by atoms with Crippen LogP contribution in [0.25, 0.3) is 0 Å². The maximum Gasteiger partial charge on any atom is 0.139 e. The summed E-state index contributed by atoms with van der Waals surface area (Å²) in [5.41, 5.74) is 6.86. The first-order chi connectivity index (χ1) is 9.67. The fourth-order valence-electron chi connectivity index (χ4n) is 2.18. The average Bonchev–Trinajstić information content (AvgIpc) is 3.24. The van der Waals surface area contributed by atoms with Crippen molar-refractivity contribution in [3.05, 3.63) is 29.8 Å². The van der Waals surface area contributed by atoms with Gasteiger partial charge in [-0.1, -0.05) is 17.3 Å². The van der Waals surface area contributed by atoms with E-state index in [1.165, 1.54) is 5.56 Å². The number of methoxy groups -OCH3 is 1. The highest BCUT2D eigenvalue weighted by Crippen LogP contribution is 2.48. The van der Waals surface area contributed by atoms with Crippen LogP contribution in [0, 0.1) is 5.41 Å². The molecule has 0 bridgehead atoms. The minimum Gasteiger partial charge on any atom is -0.493 e. The molecule has 0 aliphatic heterocycles. The van der Waals surface area contributed by atoms with E-state index >= 15 is 0 Å². The number of amidine groups is 1. The van der Waals surface area contributed by atoms with Crippen LogP contribution in [0.2, 0.25) is 0 Å². The second-order valence-corrected chi connectivity index (χ2v) is 5.44. The summed E-state index contributed by atoms with van der Waals surface area (Å²) in [6, 6.07) is 8.06. The van der Waals surface area contributed by atoms with Gasteiger partial charge in [-0.05, 0) is 37.0 Å². The summed E-state index contributed by atoms with van der Waals surface area (Å²) in [7, 11) is 1.70. The molecule has 3 N–H and O–H groups in total. The Morgan fingerprint density at radius 2 is 2.05 bits per heavy atom. The Morgan fingerprint density at radius 1 is 1.35 bits per heavy atom. The first-order valence-corrected chi connectivity index (χ1v) is 6.84. The van der Waals surface area contributed by atoms with Crippen LogP contribution in [0.1, 0.15) is 24.8 Å². The molecular formula is C15H22N2O3. The normalized spacial score (nSPS) is 16.9. The molecule has 0 amide bonds. The average molecular weight is 278 g/mol. The number of ether oxygens (including phenoxy) is 2. The standard InChI is InChI=1S/C15H22N2O3/c1-19-9-6-12-2-4-13(5-3-12)20-11-15(7-8-15)10-14(16)17-18/h2-5,18H,6-11H2,1H3,(H2,16,17). The zero-order valence-electron chi connectivity index (χ0n) is 11.8. The molecule has 0 spiro atoms. The van der Waals surface area contributed by atoms with E-state index in [4.69, 9.17) is 20.4 Å². The van der Waals surface area contributed by atoms with Gasteiger partial charge < -0.3 is 20.4 Å². The van der Waals surface area contributed by atoms with E-state index in [1.807, 2.05) is 12.1 Å². The zero-order valence-corrected chi connectivity index (χ0v) is 11.8. The van der Waals surface area contributed by atoms with Crippen molar-refractivity contribution < 1.29 is 14.7 Å². The lowest BCUT2D eigenvalue weighted by atomic mass is 10.0. The van der Waals surface area contributed by atoms with Crippen LogP contribution >= 0.6 is 0 Å². The Balaban J connectivity index is 1.82. The molecule has 2 rings (SSSR count). The molecule has 1 fully saturated rings. The van der Waals surface area contributed by atoms with Gasteiger partial charge in [0.2, 0.25) is 0 Å².